The number of morpholine rings is 1. The van der Waals surface area contributed by atoms with E-state index in [0.29, 0.717) is 12.4 Å². The normalized spacial score (nSPS) is 13.9. The van der Waals surface area contributed by atoms with E-state index >= 15 is 0 Å². The van der Waals surface area contributed by atoms with Gasteiger partial charge in [0.2, 0.25) is 0 Å². The number of methoxy groups -OCH3 is 1. The third-order valence-electron chi connectivity index (χ3n) is 5.62. The van der Waals surface area contributed by atoms with Gasteiger partial charge in [-0.05, 0) is 42.0 Å². The highest BCUT2D eigenvalue weighted by Gasteiger charge is 2.15. The second-order valence-corrected chi connectivity index (χ2v) is 7.95. The lowest BCUT2D eigenvalue weighted by Gasteiger charge is -2.26. The molecule has 34 heavy (non-hydrogen) atoms. The third kappa shape index (κ3) is 6.27. The fraction of sp³-hybridized carbons (Fsp3) is 0.360. The van der Waals surface area contributed by atoms with Crippen molar-refractivity contribution in [1.29, 1.82) is 0 Å². The quantitative estimate of drug-likeness (QED) is 0.459. The lowest BCUT2D eigenvalue weighted by Crippen LogP contribution is -2.38. The van der Waals surface area contributed by atoms with Crippen molar-refractivity contribution >= 4 is 5.91 Å². The molecule has 9 heteroatoms. The zero-order valence-electron chi connectivity index (χ0n) is 19.5. The van der Waals surface area contributed by atoms with Crippen LogP contribution in [0.5, 0.6) is 17.2 Å². The molecule has 9 nitrogen and oxygen atoms in total. The van der Waals surface area contributed by atoms with Crippen molar-refractivity contribution in [2.24, 2.45) is 7.05 Å². The van der Waals surface area contributed by atoms with Crippen LogP contribution in [0.25, 0.3) is 11.3 Å². The van der Waals surface area contributed by atoms with Crippen LogP contribution in [0, 0.1) is 0 Å². The largest absolute Gasteiger partial charge is 0.497 e. The van der Waals surface area contributed by atoms with Crippen LogP contribution >= 0.6 is 0 Å². The topological polar surface area (TPSA) is 87.1 Å². The molecule has 180 valence electrons. The van der Waals surface area contributed by atoms with Crippen LogP contribution in [0.2, 0.25) is 0 Å². The van der Waals surface area contributed by atoms with Gasteiger partial charge in [0, 0.05) is 38.4 Å². The van der Waals surface area contributed by atoms with Gasteiger partial charge in [-0.25, -0.2) is 0 Å². The minimum absolute atomic E-state index is 0.196. The number of carbonyl (C=O) groups is 1. The Bertz CT molecular complexity index is 1080. The van der Waals surface area contributed by atoms with E-state index in [4.69, 9.17) is 19.0 Å². The third-order valence-corrected chi connectivity index (χ3v) is 5.62. The summed E-state index contributed by atoms with van der Waals surface area (Å²) in [6.45, 7) is 4.74. The van der Waals surface area contributed by atoms with E-state index < -0.39 is 0 Å². The Labute approximate surface area is 199 Å². The van der Waals surface area contributed by atoms with Crippen molar-refractivity contribution in [1.82, 2.24) is 20.2 Å². The standard InChI is InChI=1S/C25H30N4O5/c1-28-23(9-10-26-28)22-18-21(7-8-24(22)33-16-13-29-11-14-32-15-12-29)34-27-25(30)17-19-3-5-20(31-2)6-4-19/h3-10,18H,11-17H2,1-2H3,(H,27,30). The number of aryl methyl sites for hydroxylation is 1. The van der Waals surface area contributed by atoms with Crippen molar-refractivity contribution < 1.29 is 23.8 Å². The first-order valence-electron chi connectivity index (χ1n) is 11.3. The van der Waals surface area contributed by atoms with E-state index in [2.05, 4.69) is 15.5 Å². The number of nitrogens with one attached hydrogen (secondary N) is 1. The first-order chi connectivity index (χ1) is 16.6. The maximum absolute atomic E-state index is 12.3. The predicted octanol–water partition coefficient (Wildman–Crippen LogP) is 2.46. The summed E-state index contributed by atoms with van der Waals surface area (Å²) >= 11 is 0. The van der Waals surface area contributed by atoms with Crippen molar-refractivity contribution in [2.75, 3.05) is 46.6 Å². The number of aromatic nitrogens is 2. The number of ether oxygens (including phenoxy) is 3. The monoisotopic (exact) mass is 466 g/mol. The number of hydroxylamine groups is 1. The van der Waals surface area contributed by atoms with E-state index in [0.717, 1.165) is 61.2 Å². The Hall–Kier alpha value is -3.56. The van der Waals surface area contributed by atoms with Gasteiger partial charge in [0.15, 0.2) is 5.75 Å². The predicted molar refractivity (Wildman–Crippen MR) is 127 cm³/mol. The minimum atomic E-state index is -0.252. The number of carbonyl (C=O) groups excluding carboxylic acids is 1. The lowest BCUT2D eigenvalue weighted by molar-refractivity contribution is -0.126. The smallest absolute Gasteiger partial charge is 0.256 e. The summed E-state index contributed by atoms with van der Waals surface area (Å²) in [5.41, 5.74) is 5.10. The summed E-state index contributed by atoms with van der Waals surface area (Å²) in [5, 5.41) is 4.27. The molecule has 0 radical (unpaired) electrons. The van der Waals surface area contributed by atoms with Crippen LogP contribution < -0.4 is 19.8 Å². The van der Waals surface area contributed by atoms with Gasteiger partial charge >= 0.3 is 0 Å². The summed E-state index contributed by atoms with van der Waals surface area (Å²) in [5.74, 6) is 1.72. The van der Waals surface area contributed by atoms with E-state index in [1.54, 1.807) is 24.1 Å². The van der Waals surface area contributed by atoms with Crippen LogP contribution in [0.1, 0.15) is 5.56 Å². The molecular formula is C25H30N4O5. The van der Waals surface area contributed by atoms with Crippen LogP contribution in [-0.2, 0) is 23.0 Å². The first-order valence-corrected chi connectivity index (χ1v) is 11.3. The maximum atomic E-state index is 12.3. The molecule has 1 aliphatic heterocycles. The fourth-order valence-electron chi connectivity index (χ4n) is 3.73. The fourth-order valence-corrected chi connectivity index (χ4v) is 3.73. The minimum Gasteiger partial charge on any atom is -0.497 e. The van der Waals surface area contributed by atoms with E-state index in [1.807, 2.05) is 49.5 Å². The molecule has 4 rings (SSSR count). The van der Waals surface area contributed by atoms with Crippen molar-refractivity contribution in [3.05, 3.63) is 60.3 Å². The molecule has 1 fully saturated rings. The van der Waals surface area contributed by atoms with Crippen molar-refractivity contribution in [3.63, 3.8) is 0 Å². The number of hydrogen-bond acceptors (Lipinski definition) is 7. The number of nitrogens with zero attached hydrogens (tertiary/aromatic N) is 3. The maximum Gasteiger partial charge on any atom is 0.256 e. The molecule has 1 aromatic heterocycles. The molecule has 0 saturated carbocycles. The van der Waals surface area contributed by atoms with Crippen LogP contribution in [0.15, 0.2) is 54.7 Å². The summed E-state index contributed by atoms with van der Waals surface area (Å²) in [4.78, 5) is 20.3. The average Bonchev–Trinajstić information content (AvgIpc) is 3.30. The average molecular weight is 467 g/mol. The second-order valence-electron chi connectivity index (χ2n) is 7.95. The van der Waals surface area contributed by atoms with Gasteiger partial charge < -0.3 is 19.0 Å². The molecule has 1 aliphatic rings. The van der Waals surface area contributed by atoms with E-state index in [1.165, 1.54) is 0 Å². The van der Waals surface area contributed by atoms with Crippen LogP contribution in [-0.4, -0.2) is 67.2 Å². The van der Waals surface area contributed by atoms with E-state index in [9.17, 15) is 4.79 Å². The molecule has 1 N–H and O–H groups in total. The van der Waals surface area contributed by atoms with Crippen LogP contribution in [0.4, 0.5) is 0 Å². The molecule has 1 saturated heterocycles. The molecule has 0 spiro atoms. The molecule has 0 aliphatic carbocycles. The molecule has 2 heterocycles. The Morgan fingerprint density at radius 3 is 2.56 bits per heavy atom. The molecule has 0 unspecified atom stereocenters. The second kappa shape index (κ2) is 11.5. The molecule has 0 bridgehead atoms. The summed E-state index contributed by atoms with van der Waals surface area (Å²) in [7, 11) is 3.48. The number of rotatable bonds is 10. The summed E-state index contributed by atoms with van der Waals surface area (Å²) in [6, 6.07) is 14.7. The number of amides is 1. The van der Waals surface area contributed by atoms with Gasteiger partial charge in [0.05, 0.1) is 32.4 Å². The van der Waals surface area contributed by atoms with E-state index in [-0.39, 0.29) is 12.3 Å². The van der Waals surface area contributed by atoms with Gasteiger partial charge in [-0.1, -0.05) is 12.1 Å². The summed E-state index contributed by atoms with van der Waals surface area (Å²) < 4.78 is 18.4. The van der Waals surface area contributed by atoms with Gasteiger partial charge in [0.25, 0.3) is 5.91 Å². The Morgan fingerprint density at radius 1 is 1.09 bits per heavy atom. The van der Waals surface area contributed by atoms with Crippen molar-refractivity contribution in [3.8, 4) is 28.5 Å². The molecule has 1 amide bonds. The molecule has 2 aromatic carbocycles. The highest BCUT2D eigenvalue weighted by atomic mass is 16.7. The zero-order valence-corrected chi connectivity index (χ0v) is 19.5. The Morgan fingerprint density at radius 2 is 1.85 bits per heavy atom. The first kappa shape index (κ1) is 23.6. The SMILES string of the molecule is COc1ccc(CC(=O)NOc2ccc(OCCN3CCOCC3)c(-c3ccnn3C)c2)cc1. The molecular weight excluding hydrogens is 436 g/mol. The molecule has 0 atom stereocenters. The van der Waals surface area contributed by atoms with Gasteiger partial charge in [-0.3, -0.25) is 14.4 Å². The number of benzene rings is 2. The van der Waals surface area contributed by atoms with Crippen LogP contribution in [0.3, 0.4) is 0 Å². The zero-order chi connectivity index (χ0) is 23.8. The lowest BCUT2D eigenvalue weighted by atomic mass is 10.1. The van der Waals surface area contributed by atoms with Crippen molar-refractivity contribution in [2.45, 2.75) is 6.42 Å². The number of hydrogen-bond donors (Lipinski definition) is 1. The van der Waals surface area contributed by atoms with Gasteiger partial charge in [-0.15, -0.1) is 0 Å². The highest BCUT2D eigenvalue weighted by Crippen LogP contribution is 2.33. The summed E-state index contributed by atoms with van der Waals surface area (Å²) in [6.07, 6.45) is 1.93. The Balaban J connectivity index is 1.39. The van der Waals surface area contributed by atoms with Gasteiger partial charge in [0.1, 0.15) is 18.1 Å². The Kier molecular flexibility index (Phi) is 8.00. The highest BCUT2D eigenvalue weighted by molar-refractivity contribution is 5.78. The van der Waals surface area contributed by atoms with Gasteiger partial charge in [-0.2, -0.15) is 10.6 Å². The molecule has 3 aromatic rings.